The molecule has 3 heterocycles. The summed E-state index contributed by atoms with van der Waals surface area (Å²) in [5.41, 5.74) is 0.0890. The SMILES string of the molecule is C[NH+](C)CCN1C(=O)C(O)=C(C(=O)c2cccs2)[C@H]1c1ccco1. The highest BCUT2D eigenvalue weighted by Gasteiger charge is 2.45. The second kappa shape index (κ2) is 6.62. The Morgan fingerprint density at radius 1 is 1.38 bits per heavy atom. The topological polar surface area (TPSA) is 75.2 Å². The van der Waals surface area contributed by atoms with Crippen LogP contribution in [-0.4, -0.2) is 48.9 Å². The number of carbonyl (C=O) groups excluding carboxylic acids is 2. The zero-order valence-electron chi connectivity index (χ0n) is 13.5. The van der Waals surface area contributed by atoms with Gasteiger partial charge < -0.3 is 19.3 Å². The van der Waals surface area contributed by atoms with Gasteiger partial charge in [0.1, 0.15) is 11.8 Å². The molecule has 1 atom stereocenters. The summed E-state index contributed by atoms with van der Waals surface area (Å²) in [5, 5.41) is 12.1. The number of amides is 1. The molecule has 24 heavy (non-hydrogen) atoms. The van der Waals surface area contributed by atoms with E-state index in [4.69, 9.17) is 4.42 Å². The fourth-order valence-corrected chi connectivity index (χ4v) is 3.42. The molecule has 6 nitrogen and oxygen atoms in total. The van der Waals surface area contributed by atoms with Crippen LogP contribution in [0.4, 0.5) is 0 Å². The molecule has 0 spiro atoms. The summed E-state index contributed by atoms with van der Waals surface area (Å²) in [7, 11) is 3.96. The maximum Gasteiger partial charge on any atom is 0.290 e. The van der Waals surface area contributed by atoms with Crippen LogP contribution in [0.3, 0.4) is 0 Å². The molecule has 1 amide bonds. The number of rotatable bonds is 6. The van der Waals surface area contributed by atoms with Gasteiger partial charge in [0.2, 0.25) is 5.78 Å². The maximum absolute atomic E-state index is 12.8. The van der Waals surface area contributed by atoms with Crippen LogP contribution in [0.15, 0.2) is 51.7 Å². The summed E-state index contributed by atoms with van der Waals surface area (Å²) < 4.78 is 5.45. The van der Waals surface area contributed by atoms with E-state index in [9.17, 15) is 14.7 Å². The molecule has 0 saturated heterocycles. The predicted molar refractivity (Wildman–Crippen MR) is 89.1 cm³/mol. The van der Waals surface area contributed by atoms with Crippen molar-refractivity contribution in [2.75, 3.05) is 27.2 Å². The Bertz CT molecular complexity index is 763. The molecule has 2 N–H and O–H groups in total. The first-order chi connectivity index (χ1) is 11.5. The molecule has 0 aliphatic carbocycles. The first-order valence-corrected chi connectivity index (χ1v) is 8.53. The fraction of sp³-hybridized carbons (Fsp3) is 0.294. The van der Waals surface area contributed by atoms with Gasteiger partial charge >= 0.3 is 0 Å². The Labute approximate surface area is 143 Å². The van der Waals surface area contributed by atoms with E-state index in [0.29, 0.717) is 23.7 Å². The summed E-state index contributed by atoms with van der Waals surface area (Å²) in [4.78, 5) is 28.5. The Morgan fingerprint density at radius 2 is 2.17 bits per heavy atom. The minimum absolute atomic E-state index is 0.0890. The third-order valence-electron chi connectivity index (χ3n) is 3.96. The molecule has 126 valence electrons. The van der Waals surface area contributed by atoms with Crippen molar-refractivity contribution in [2.45, 2.75) is 6.04 Å². The van der Waals surface area contributed by atoms with Crippen LogP contribution in [0.5, 0.6) is 0 Å². The van der Waals surface area contributed by atoms with Crippen LogP contribution in [0, 0.1) is 0 Å². The molecule has 0 unspecified atom stereocenters. The molecule has 0 fully saturated rings. The second-order valence-electron chi connectivity index (χ2n) is 5.94. The van der Waals surface area contributed by atoms with Crippen molar-refractivity contribution in [3.05, 3.63) is 57.9 Å². The molecule has 1 aliphatic heterocycles. The van der Waals surface area contributed by atoms with Gasteiger partial charge in [-0.25, -0.2) is 0 Å². The van der Waals surface area contributed by atoms with Gasteiger partial charge in [0.05, 0.1) is 43.9 Å². The molecule has 0 saturated carbocycles. The molecule has 0 bridgehead atoms. The first kappa shape index (κ1) is 16.5. The molecule has 7 heteroatoms. The van der Waals surface area contributed by atoms with Crippen LogP contribution in [0.2, 0.25) is 0 Å². The lowest BCUT2D eigenvalue weighted by molar-refractivity contribution is -0.857. The standard InChI is InChI=1S/C17H18N2O4S/c1-18(2)7-8-19-14(11-5-3-9-23-11)13(16(21)17(19)22)15(20)12-6-4-10-24-12/h3-6,9-10,14,21H,7-8H2,1-2H3/p+1/t14-/m1/s1. The zero-order chi connectivity index (χ0) is 17.3. The summed E-state index contributed by atoms with van der Waals surface area (Å²) in [6.45, 7) is 1.11. The lowest BCUT2D eigenvalue weighted by Gasteiger charge is -2.25. The first-order valence-electron chi connectivity index (χ1n) is 7.65. The summed E-state index contributed by atoms with van der Waals surface area (Å²) in [5.74, 6) is -0.876. The molecule has 0 radical (unpaired) electrons. The number of hydrogen-bond acceptors (Lipinski definition) is 5. The second-order valence-corrected chi connectivity index (χ2v) is 6.89. The van der Waals surface area contributed by atoms with Crippen LogP contribution >= 0.6 is 11.3 Å². The third-order valence-corrected chi connectivity index (χ3v) is 4.83. The van der Waals surface area contributed by atoms with Crippen molar-refractivity contribution < 1.29 is 24.0 Å². The summed E-state index contributed by atoms with van der Waals surface area (Å²) in [6, 6.07) is 6.18. The van der Waals surface area contributed by atoms with Gasteiger partial charge in [-0.05, 0) is 23.6 Å². The molecular weight excluding hydrogens is 328 g/mol. The minimum Gasteiger partial charge on any atom is -0.503 e. The van der Waals surface area contributed by atoms with Crippen LogP contribution in [0.1, 0.15) is 21.5 Å². The number of nitrogens with one attached hydrogen (secondary N) is 1. The number of aliphatic hydroxyl groups excluding tert-OH is 1. The quantitative estimate of drug-likeness (QED) is 0.767. The Kier molecular flexibility index (Phi) is 4.55. The number of thiophene rings is 1. The highest BCUT2D eigenvalue weighted by atomic mass is 32.1. The van der Waals surface area contributed by atoms with Gasteiger partial charge in [-0.1, -0.05) is 6.07 Å². The largest absolute Gasteiger partial charge is 0.503 e. The van der Waals surface area contributed by atoms with E-state index >= 15 is 0 Å². The van der Waals surface area contributed by atoms with E-state index in [2.05, 4.69) is 0 Å². The van der Waals surface area contributed by atoms with Crippen molar-refractivity contribution in [1.82, 2.24) is 4.90 Å². The van der Waals surface area contributed by atoms with Crippen molar-refractivity contribution in [1.29, 1.82) is 0 Å². The van der Waals surface area contributed by atoms with E-state index in [1.165, 1.54) is 27.4 Å². The van der Waals surface area contributed by atoms with Crippen molar-refractivity contribution in [3.63, 3.8) is 0 Å². The molecule has 3 rings (SSSR count). The lowest BCUT2D eigenvalue weighted by Crippen LogP contribution is -3.06. The van der Waals surface area contributed by atoms with Gasteiger partial charge in [-0.15, -0.1) is 11.3 Å². The number of nitrogens with zero attached hydrogens (tertiary/aromatic N) is 1. The van der Waals surface area contributed by atoms with Gasteiger partial charge in [-0.2, -0.15) is 0 Å². The van der Waals surface area contributed by atoms with Crippen LogP contribution < -0.4 is 4.90 Å². The smallest absolute Gasteiger partial charge is 0.290 e. The monoisotopic (exact) mass is 347 g/mol. The van der Waals surface area contributed by atoms with Gasteiger partial charge in [0, 0.05) is 0 Å². The number of likely N-dealkylation sites (N-methyl/N-ethyl adjacent to an activating group) is 1. The van der Waals surface area contributed by atoms with E-state index in [1.807, 2.05) is 14.1 Å². The zero-order valence-corrected chi connectivity index (χ0v) is 14.3. The highest BCUT2D eigenvalue weighted by Crippen LogP contribution is 2.39. The number of aliphatic hydroxyl groups is 1. The van der Waals surface area contributed by atoms with Crippen LogP contribution in [0.25, 0.3) is 0 Å². The Balaban J connectivity index is 2.01. The molecule has 2 aromatic rings. The van der Waals surface area contributed by atoms with E-state index in [1.54, 1.807) is 29.6 Å². The molecular formula is C17H19N2O4S+. The van der Waals surface area contributed by atoms with Crippen LogP contribution in [-0.2, 0) is 4.79 Å². The van der Waals surface area contributed by atoms with Crippen molar-refractivity contribution >= 4 is 23.0 Å². The highest BCUT2D eigenvalue weighted by molar-refractivity contribution is 7.12. The number of carbonyl (C=O) groups is 2. The van der Waals surface area contributed by atoms with Gasteiger partial charge in [0.25, 0.3) is 5.91 Å². The number of hydrogen-bond donors (Lipinski definition) is 2. The molecule has 0 aromatic carbocycles. The predicted octanol–water partition coefficient (Wildman–Crippen LogP) is 1.06. The number of Topliss-reactive ketones (excluding diaryl/α,β-unsaturated/α-hetero) is 1. The summed E-state index contributed by atoms with van der Waals surface area (Å²) in [6.07, 6.45) is 1.50. The van der Waals surface area contributed by atoms with E-state index in [0.717, 1.165) is 0 Å². The maximum atomic E-state index is 12.8. The molecule has 1 aliphatic rings. The van der Waals surface area contributed by atoms with Gasteiger partial charge in [-0.3, -0.25) is 9.59 Å². The average molecular weight is 347 g/mol. The third kappa shape index (κ3) is 2.88. The van der Waals surface area contributed by atoms with Crippen molar-refractivity contribution in [2.24, 2.45) is 0 Å². The average Bonchev–Trinajstić information content (AvgIpc) is 3.27. The lowest BCUT2D eigenvalue weighted by atomic mass is 10.0. The Morgan fingerprint density at radius 3 is 2.75 bits per heavy atom. The van der Waals surface area contributed by atoms with Gasteiger partial charge in [0.15, 0.2) is 5.76 Å². The fourth-order valence-electron chi connectivity index (χ4n) is 2.74. The van der Waals surface area contributed by atoms with E-state index in [-0.39, 0.29) is 11.4 Å². The number of furan rings is 1. The number of quaternary nitrogens is 1. The van der Waals surface area contributed by atoms with E-state index < -0.39 is 17.7 Å². The minimum atomic E-state index is -0.693. The normalized spacial score (nSPS) is 18.0. The number of ketones is 1. The molecule has 2 aromatic heterocycles. The Hall–Kier alpha value is -2.38. The summed E-state index contributed by atoms with van der Waals surface area (Å²) >= 11 is 1.28. The van der Waals surface area contributed by atoms with Crippen molar-refractivity contribution in [3.8, 4) is 0 Å².